The van der Waals surface area contributed by atoms with E-state index in [1.807, 2.05) is 6.92 Å². The highest BCUT2D eigenvalue weighted by Gasteiger charge is 2.65. The van der Waals surface area contributed by atoms with E-state index in [-0.39, 0.29) is 22.5 Å². The van der Waals surface area contributed by atoms with Crippen LogP contribution in [0.25, 0.3) is 0 Å². The van der Waals surface area contributed by atoms with Crippen LogP contribution in [0.2, 0.25) is 0 Å². The molecule has 2 rings (SSSR count). The molecule has 0 amide bonds. The van der Waals surface area contributed by atoms with Crippen molar-refractivity contribution in [3.8, 4) is 0 Å². The molecule has 13 heavy (non-hydrogen) atoms. The van der Waals surface area contributed by atoms with Gasteiger partial charge in [-0.05, 0) is 18.3 Å². The Morgan fingerprint density at radius 2 is 2.08 bits per heavy atom. The summed E-state index contributed by atoms with van der Waals surface area (Å²) in [7, 11) is 0. The van der Waals surface area contributed by atoms with Gasteiger partial charge in [0.05, 0.1) is 0 Å². The van der Waals surface area contributed by atoms with Crippen LogP contribution >= 0.6 is 0 Å². The first-order valence-corrected chi connectivity index (χ1v) is 4.72. The molecule has 0 heterocycles. The van der Waals surface area contributed by atoms with Gasteiger partial charge in [0.2, 0.25) is 0 Å². The number of oxime groups is 1. The van der Waals surface area contributed by atoms with Crippen LogP contribution in [0.1, 0.15) is 33.6 Å². The molecule has 2 bridgehead atoms. The van der Waals surface area contributed by atoms with Gasteiger partial charge in [0, 0.05) is 11.3 Å². The van der Waals surface area contributed by atoms with Gasteiger partial charge in [0.1, 0.15) is 5.71 Å². The van der Waals surface area contributed by atoms with E-state index in [0.29, 0.717) is 5.71 Å². The van der Waals surface area contributed by atoms with Gasteiger partial charge in [-0.2, -0.15) is 0 Å². The highest BCUT2D eigenvalue weighted by Crippen LogP contribution is 2.62. The molecule has 2 atom stereocenters. The average molecular weight is 181 g/mol. The normalized spacial score (nSPS) is 44.7. The number of hydrogen-bond acceptors (Lipinski definition) is 3. The number of Topliss-reactive ketones (excluding diaryl/α,β-unsaturated/α-hetero) is 1. The van der Waals surface area contributed by atoms with Crippen molar-refractivity contribution >= 4 is 11.5 Å². The molecule has 2 saturated carbocycles. The molecule has 1 N–H and O–H groups in total. The average Bonchev–Trinajstić information content (AvgIpc) is 2.36. The van der Waals surface area contributed by atoms with Crippen LogP contribution in [0.4, 0.5) is 0 Å². The van der Waals surface area contributed by atoms with E-state index in [1.54, 1.807) is 0 Å². The van der Waals surface area contributed by atoms with Crippen LogP contribution in [0, 0.1) is 16.7 Å². The van der Waals surface area contributed by atoms with Gasteiger partial charge in [-0.1, -0.05) is 25.9 Å². The largest absolute Gasteiger partial charge is 0.411 e. The second kappa shape index (κ2) is 2.14. The summed E-state index contributed by atoms with van der Waals surface area (Å²) in [4.78, 5) is 11.8. The number of carbonyl (C=O) groups is 1. The number of ketones is 1. The zero-order valence-electron chi connectivity index (χ0n) is 8.29. The highest BCUT2D eigenvalue weighted by molar-refractivity contribution is 6.45. The maximum absolute atomic E-state index is 11.8. The van der Waals surface area contributed by atoms with Crippen molar-refractivity contribution in [2.45, 2.75) is 33.6 Å². The van der Waals surface area contributed by atoms with E-state index in [1.165, 1.54) is 0 Å². The van der Waals surface area contributed by atoms with Crippen LogP contribution in [0.5, 0.6) is 0 Å². The molecule has 2 aliphatic carbocycles. The van der Waals surface area contributed by atoms with Gasteiger partial charge in [0.15, 0.2) is 5.78 Å². The topological polar surface area (TPSA) is 49.7 Å². The van der Waals surface area contributed by atoms with Crippen molar-refractivity contribution in [2.24, 2.45) is 21.9 Å². The summed E-state index contributed by atoms with van der Waals surface area (Å²) in [5.41, 5.74) is 0.0731. The first kappa shape index (κ1) is 8.73. The third-order valence-electron chi connectivity index (χ3n) is 4.40. The molecular weight excluding hydrogens is 166 g/mol. The zero-order chi connectivity index (χ0) is 9.85. The summed E-state index contributed by atoms with van der Waals surface area (Å²) < 4.78 is 0. The van der Waals surface area contributed by atoms with Crippen molar-refractivity contribution < 1.29 is 10.0 Å². The molecule has 3 heteroatoms. The van der Waals surface area contributed by atoms with E-state index in [4.69, 9.17) is 5.21 Å². The molecule has 2 fully saturated rings. The van der Waals surface area contributed by atoms with E-state index in [9.17, 15) is 4.79 Å². The summed E-state index contributed by atoms with van der Waals surface area (Å²) in [5.74, 6) is 0.214. The van der Waals surface area contributed by atoms with Gasteiger partial charge in [-0.15, -0.1) is 0 Å². The number of rotatable bonds is 0. The minimum atomic E-state index is -0.292. The van der Waals surface area contributed by atoms with Crippen molar-refractivity contribution in [2.75, 3.05) is 0 Å². The van der Waals surface area contributed by atoms with Crippen molar-refractivity contribution in [3.05, 3.63) is 0 Å². The van der Waals surface area contributed by atoms with Gasteiger partial charge < -0.3 is 5.21 Å². The molecular formula is C10H15NO2. The fourth-order valence-electron chi connectivity index (χ4n) is 2.94. The van der Waals surface area contributed by atoms with Crippen LogP contribution in [-0.2, 0) is 4.79 Å². The Morgan fingerprint density at radius 3 is 2.38 bits per heavy atom. The maximum atomic E-state index is 11.8. The predicted octanol–water partition coefficient (Wildman–Crippen LogP) is 1.84. The molecule has 0 radical (unpaired) electrons. The third kappa shape index (κ3) is 0.713. The van der Waals surface area contributed by atoms with E-state index < -0.39 is 0 Å². The van der Waals surface area contributed by atoms with Crippen molar-refractivity contribution in [1.82, 2.24) is 0 Å². The third-order valence-corrected chi connectivity index (χ3v) is 4.40. The molecule has 0 aromatic carbocycles. The second-order valence-electron chi connectivity index (χ2n) is 4.96. The molecule has 0 aromatic heterocycles. The van der Waals surface area contributed by atoms with Crippen molar-refractivity contribution in [3.63, 3.8) is 0 Å². The quantitative estimate of drug-likeness (QED) is 0.458. The number of carbonyl (C=O) groups excluding carboxylic acids is 1. The fraction of sp³-hybridized carbons (Fsp3) is 0.800. The van der Waals surface area contributed by atoms with Gasteiger partial charge >= 0.3 is 0 Å². The molecule has 0 saturated heterocycles. The number of hydrogen-bond donors (Lipinski definition) is 1. The Labute approximate surface area is 77.8 Å². The summed E-state index contributed by atoms with van der Waals surface area (Å²) in [5, 5.41) is 11.9. The molecule has 1 unspecified atom stereocenters. The summed E-state index contributed by atoms with van der Waals surface area (Å²) in [6.45, 7) is 6.19. The second-order valence-corrected chi connectivity index (χ2v) is 4.96. The summed E-state index contributed by atoms with van der Waals surface area (Å²) in [6.07, 6.45) is 1.91. The van der Waals surface area contributed by atoms with Crippen LogP contribution in [0.3, 0.4) is 0 Å². The minimum absolute atomic E-state index is 0.0361. The maximum Gasteiger partial charge on any atom is 0.187 e. The Bertz CT molecular complexity index is 306. The fourth-order valence-corrected chi connectivity index (χ4v) is 2.94. The van der Waals surface area contributed by atoms with Crippen LogP contribution in [-0.4, -0.2) is 16.7 Å². The van der Waals surface area contributed by atoms with E-state index in [2.05, 4.69) is 19.0 Å². The van der Waals surface area contributed by atoms with Crippen LogP contribution in [0.15, 0.2) is 5.16 Å². The molecule has 0 aromatic rings. The van der Waals surface area contributed by atoms with Gasteiger partial charge in [-0.25, -0.2) is 0 Å². The highest BCUT2D eigenvalue weighted by atomic mass is 16.4. The standard InChI is InChI=1S/C10H15NO2/c1-9(2)6-4-5-10(9,3)8(12)7(6)11-13/h6,13H,4-5H2,1-3H3/b11-7+/t6-,10?/m1/s1. The SMILES string of the molecule is CC12CC[C@H](/C(=N\O)C1=O)C2(C)C. The lowest BCUT2D eigenvalue weighted by Crippen LogP contribution is -2.33. The smallest absolute Gasteiger partial charge is 0.187 e. The first-order valence-electron chi connectivity index (χ1n) is 4.72. The van der Waals surface area contributed by atoms with Crippen molar-refractivity contribution in [1.29, 1.82) is 0 Å². The predicted molar refractivity (Wildman–Crippen MR) is 48.8 cm³/mol. The minimum Gasteiger partial charge on any atom is -0.411 e. The number of fused-ring (bicyclic) bond motifs is 2. The zero-order valence-corrected chi connectivity index (χ0v) is 8.29. The Kier molecular flexibility index (Phi) is 1.44. The molecule has 3 nitrogen and oxygen atoms in total. The van der Waals surface area contributed by atoms with Gasteiger partial charge in [-0.3, -0.25) is 4.79 Å². The lowest BCUT2D eigenvalue weighted by atomic mass is 9.70. The van der Waals surface area contributed by atoms with E-state index >= 15 is 0 Å². The Balaban J connectivity index is 2.57. The first-order chi connectivity index (χ1) is 5.95. The van der Waals surface area contributed by atoms with Gasteiger partial charge in [0.25, 0.3) is 0 Å². The molecule has 0 aliphatic heterocycles. The van der Waals surface area contributed by atoms with Crippen LogP contribution < -0.4 is 0 Å². The number of nitrogens with zero attached hydrogens (tertiary/aromatic N) is 1. The molecule has 72 valence electrons. The lowest BCUT2D eigenvalue weighted by molar-refractivity contribution is -0.123. The molecule has 2 aliphatic rings. The summed E-state index contributed by atoms with van der Waals surface area (Å²) >= 11 is 0. The monoisotopic (exact) mass is 181 g/mol. The Morgan fingerprint density at radius 1 is 1.46 bits per heavy atom. The Hall–Kier alpha value is -0.860. The van der Waals surface area contributed by atoms with E-state index in [0.717, 1.165) is 12.8 Å². The summed E-state index contributed by atoms with van der Waals surface area (Å²) in [6, 6.07) is 0. The molecule has 0 spiro atoms. The lowest BCUT2D eigenvalue weighted by Gasteiger charge is -2.31.